The molecule has 166 valence electrons. The molecule has 1 unspecified atom stereocenters. The Bertz CT molecular complexity index is 1370. The third kappa shape index (κ3) is 4.07. The van der Waals surface area contributed by atoms with E-state index in [1.807, 2.05) is 48.7 Å². The normalized spacial score (nSPS) is 16.1. The molecule has 0 aliphatic carbocycles. The van der Waals surface area contributed by atoms with E-state index in [1.54, 1.807) is 18.0 Å². The summed E-state index contributed by atoms with van der Waals surface area (Å²) < 4.78 is 13.8. The molecule has 3 aromatic heterocycles. The maximum Gasteiger partial charge on any atom is 0.226 e. The first-order valence-electron chi connectivity index (χ1n) is 11.1. The number of aromatic nitrogens is 5. The number of hydrogen-bond donors (Lipinski definition) is 1. The van der Waals surface area contributed by atoms with Crippen LogP contribution in [-0.2, 0) is 17.0 Å². The SMILES string of the molecule is c1ccc(-c2nc(CSc3nnc(-c4c[nH]c5ccccc45)n3CC3CCCO3)co2)cc1. The van der Waals surface area contributed by atoms with Crippen LogP contribution in [0, 0.1) is 0 Å². The lowest BCUT2D eigenvalue weighted by Gasteiger charge is -2.14. The van der Waals surface area contributed by atoms with E-state index in [0.717, 1.165) is 64.7 Å². The summed E-state index contributed by atoms with van der Waals surface area (Å²) in [7, 11) is 0. The predicted octanol–water partition coefficient (Wildman–Crippen LogP) is 5.55. The number of hydrogen-bond acceptors (Lipinski definition) is 6. The Morgan fingerprint density at radius 2 is 1.94 bits per heavy atom. The number of ether oxygens (including phenoxy) is 1. The molecule has 8 heteroatoms. The average molecular weight is 458 g/mol. The first kappa shape index (κ1) is 20.3. The monoisotopic (exact) mass is 457 g/mol. The smallest absolute Gasteiger partial charge is 0.226 e. The Labute approximate surface area is 195 Å². The highest BCUT2D eigenvalue weighted by Crippen LogP contribution is 2.32. The maximum absolute atomic E-state index is 5.94. The van der Waals surface area contributed by atoms with Gasteiger partial charge in [0.2, 0.25) is 5.89 Å². The Kier molecular flexibility index (Phi) is 5.45. The summed E-state index contributed by atoms with van der Waals surface area (Å²) in [4.78, 5) is 8.00. The van der Waals surface area contributed by atoms with Crippen LogP contribution in [0.3, 0.4) is 0 Å². The first-order valence-corrected chi connectivity index (χ1v) is 12.1. The van der Waals surface area contributed by atoms with Crippen molar-refractivity contribution in [1.82, 2.24) is 24.7 Å². The van der Waals surface area contributed by atoms with Crippen LogP contribution >= 0.6 is 11.8 Å². The van der Waals surface area contributed by atoms with Gasteiger partial charge in [0.05, 0.1) is 18.3 Å². The number of rotatable bonds is 7. The fourth-order valence-electron chi connectivity index (χ4n) is 4.23. The molecule has 5 aromatic rings. The highest BCUT2D eigenvalue weighted by Gasteiger charge is 2.23. The molecule has 4 heterocycles. The van der Waals surface area contributed by atoms with Crippen molar-refractivity contribution in [3.63, 3.8) is 0 Å². The first-order chi connectivity index (χ1) is 16.3. The van der Waals surface area contributed by atoms with Crippen LogP contribution in [0.5, 0.6) is 0 Å². The van der Waals surface area contributed by atoms with Gasteiger partial charge in [0.1, 0.15) is 6.26 Å². The van der Waals surface area contributed by atoms with Crippen LogP contribution in [0.15, 0.2) is 76.6 Å². The second-order valence-corrected chi connectivity index (χ2v) is 9.04. The van der Waals surface area contributed by atoms with E-state index < -0.39 is 0 Å². The van der Waals surface area contributed by atoms with Gasteiger partial charge < -0.3 is 14.1 Å². The average Bonchev–Trinajstić information content (AvgIpc) is 3.66. The number of H-pyrrole nitrogens is 1. The summed E-state index contributed by atoms with van der Waals surface area (Å²) >= 11 is 1.62. The summed E-state index contributed by atoms with van der Waals surface area (Å²) in [6, 6.07) is 18.2. The van der Waals surface area contributed by atoms with Gasteiger partial charge in [-0.1, -0.05) is 48.2 Å². The molecule has 6 rings (SSSR count). The number of thioether (sulfide) groups is 1. The lowest BCUT2D eigenvalue weighted by molar-refractivity contribution is 0.0953. The topological polar surface area (TPSA) is 81.8 Å². The second kappa shape index (κ2) is 8.88. The highest BCUT2D eigenvalue weighted by atomic mass is 32.2. The molecule has 0 bridgehead atoms. The van der Waals surface area contributed by atoms with Crippen LogP contribution in [-0.4, -0.2) is 37.4 Å². The van der Waals surface area contributed by atoms with Crippen molar-refractivity contribution in [3.05, 3.63) is 72.8 Å². The molecule has 1 atom stereocenters. The van der Waals surface area contributed by atoms with Gasteiger partial charge in [0.15, 0.2) is 11.0 Å². The minimum absolute atomic E-state index is 0.182. The Morgan fingerprint density at radius 3 is 2.82 bits per heavy atom. The van der Waals surface area contributed by atoms with Crippen molar-refractivity contribution in [2.75, 3.05) is 6.61 Å². The third-order valence-corrected chi connectivity index (χ3v) is 6.88. The Morgan fingerprint density at radius 1 is 1.06 bits per heavy atom. The zero-order valence-electron chi connectivity index (χ0n) is 18.0. The largest absolute Gasteiger partial charge is 0.444 e. The molecule has 33 heavy (non-hydrogen) atoms. The van der Waals surface area contributed by atoms with Crippen molar-refractivity contribution in [2.24, 2.45) is 0 Å². The quantitative estimate of drug-likeness (QED) is 0.323. The number of para-hydroxylation sites is 1. The summed E-state index contributed by atoms with van der Waals surface area (Å²) in [5, 5.41) is 11.1. The molecule has 7 nitrogen and oxygen atoms in total. The van der Waals surface area contributed by atoms with E-state index >= 15 is 0 Å². The number of nitrogens with one attached hydrogen (secondary N) is 1. The summed E-state index contributed by atoms with van der Waals surface area (Å²) in [5.74, 6) is 2.13. The molecular weight excluding hydrogens is 434 g/mol. The highest BCUT2D eigenvalue weighted by molar-refractivity contribution is 7.98. The standard InChI is InChI=1S/C25H23N5O2S/c1-2-7-17(8-3-1)24-27-18(15-32-24)16-33-25-29-28-23(30(25)14-19-9-6-12-31-19)21-13-26-22-11-5-4-10-20(21)22/h1-5,7-8,10-11,13,15,19,26H,6,9,12,14,16H2. The number of benzene rings is 2. The molecule has 1 aliphatic heterocycles. The molecule has 0 spiro atoms. The molecule has 0 amide bonds. The third-order valence-electron chi connectivity index (χ3n) is 5.88. The van der Waals surface area contributed by atoms with E-state index in [-0.39, 0.29) is 6.10 Å². The fourth-order valence-corrected chi connectivity index (χ4v) is 5.06. The molecular formula is C25H23N5O2S. The molecule has 1 aliphatic rings. The fraction of sp³-hybridized carbons (Fsp3) is 0.240. The number of oxazole rings is 1. The second-order valence-electron chi connectivity index (χ2n) is 8.10. The molecule has 1 fully saturated rings. The number of aromatic amines is 1. The van der Waals surface area contributed by atoms with Crippen LogP contribution in [0.1, 0.15) is 18.5 Å². The van der Waals surface area contributed by atoms with E-state index in [1.165, 1.54) is 0 Å². The van der Waals surface area contributed by atoms with Crippen LogP contribution in [0.2, 0.25) is 0 Å². The van der Waals surface area contributed by atoms with Gasteiger partial charge in [-0.05, 0) is 31.0 Å². The summed E-state index contributed by atoms with van der Waals surface area (Å²) in [6.45, 7) is 1.55. The van der Waals surface area contributed by atoms with E-state index in [9.17, 15) is 0 Å². The van der Waals surface area contributed by atoms with Crippen molar-refractivity contribution >= 4 is 22.7 Å². The van der Waals surface area contributed by atoms with E-state index in [0.29, 0.717) is 11.6 Å². The zero-order chi connectivity index (χ0) is 22.0. The zero-order valence-corrected chi connectivity index (χ0v) is 18.8. The van der Waals surface area contributed by atoms with Gasteiger partial charge in [-0.25, -0.2) is 4.98 Å². The van der Waals surface area contributed by atoms with Crippen LogP contribution in [0.25, 0.3) is 33.7 Å². The van der Waals surface area contributed by atoms with Crippen LogP contribution < -0.4 is 0 Å². The lowest BCUT2D eigenvalue weighted by atomic mass is 10.1. The molecule has 0 saturated carbocycles. The van der Waals surface area contributed by atoms with Crippen LogP contribution in [0.4, 0.5) is 0 Å². The predicted molar refractivity (Wildman–Crippen MR) is 128 cm³/mol. The molecule has 2 aromatic carbocycles. The maximum atomic E-state index is 5.94. The summed E-state index contributed by atoms with van der Waals surface area (Å²) in [6.07, 6.45) is 6.06. The minimum Gasteiger partial charge on any atom is -0.444 e. The van der Waals surface area contributed by atoms with Gasteiger partial charge in [-0.15, -0.1) is 10.2 Å². The molecule has 0 radical (unpaired) electrons. The van der Waals surface area contributed by atoms with Gasteiger partial charge in [0, 0.05) is 40.6 Å². The van der Waals surface area contributed by atoms with E-state index in [2.05, 4.69) is 36.9 Å². The number of nitrogens with zero attached hydrogens (tertiary/aromatic N) is 4. The van der Waals surface area contributed by atoms with Gasteiger partial charge >= 0.3 is 0 Å². The minimum atomic E-state index is 0.182. The number of fused-ring (bicyclic) bond motifs is 1. The van der Waals surface area contributed by atoms with Crippen molar-refractivity contribution in [1.29, 1.82) is 0 Å². The van der Waals surface area contributed by atoms with Gasteiger partial charge in [0.25, 0.3) is 0 Å². The van der Waals surface area contributed by atoms with Gasteiger partial charge in [-0.3, -0.25) is 4.57 Å². The van der Waals surface area contributed by atoms with Crippen molar-refractivity contribution < 1.29 is 9.15 Å². The van der Waals surface area contributed by atoms with Crippen molar-refractivity contribution in [2.45, 2.75) is 36.4 Å². The Balaban J connectivity index is 1.29. The molecule has 1 saturated heterocycles. The Hall–Kier alpha value is -3.36. The van der Waals surface area contributed by atoms with Crippen molar-refractivity contribution in [3.8, 4) is 22.8 Å². The summed E-state index contributed by atoms with van der Waals surface area (Å²) in [5.41, 5.74) is 3.98. The lowest BCUT2D eigenvalue weighted by Crippen LogP contribution is -2.16. The van der Waals surface area contributed by atoms with Gasteiger partial charge in [-0.2, -0.15) is 0 Å². The van der Waals surface area contributed by atoms with E-state index in [4.69, 9.17) is 9.15 Å². The molecule has 1 N–H and O–H groups in total.